The van der Waals surface area contributed by atoms with Crippen LogP contribution in [0.15, 0.2) is 18.2 Å². The Bertz CT molecular complexity index is 384. The summed E-state index contributed by atoms with van der Waals surface area (Å²) < 4.78 is 5.41. The summed E-state index contributed by atoms with van der Waals surface area (Å²) in [5, 5.41) is 0.641. The number of nitrogens with two attached hydrogens (primary N) is 1. The maximum atomic E-state index is 6.02. The number of rotatable bonds is 3. The van der Waals surface area contributed by atoms with Gasteiger partial charge in [-0.3, -0.25) is 4.90 Å². The Kier molecular flexibility index (Phi) is 4.26. The summed E-state index contributed by atoms with van der Waals surface area (Å²) in [6.45, 7) is 3.04. The van der Waals surface area contributed by atoms with Crippen LogP contribution < -0.4 is 5.73 Å². The molecule has 1 fully saturated rings. The highest BCUT2D eigenvalue weighted by Crippen LogP contribution is 2.22. The zero-order chi connectivity index (χ0) is 12.3. The first kappa shape index (κ1) is 12.7. The molecule has 17 heavy (non-hydrogen) atoms. The highest BCUT2D eigenvalue weighted by molar-refractivity contribution is 6.33. The Labute approximate surface area is 107 Å². The van der Waals surface area contributed by atoms with Crippen molar-refractivity contribution in [2.45, 2.75) is 25.5 Å². The topological polar surface area (TPSA) is 38.5 Å². The number of benzene rings is 1. The van der Waals surface area contributed by atoms with Crippen molar-refractivity contribution < 1.29 is 4.74 Å². The Balaban J connectivity index is 1.97. The van der Waals surface area contributed by atoms with Gasteiger partial charge in [0.1, 0.15) is 0 Å². The van der Waals surface area contributed by atoms with Crippen LogP contribution in [0.3, 0.4) is 0 Å². The standard InChI is InChI=1S/C13H19ClN2O/c1-17-11-3-2-6-16(9-11)8-10-4-5-13(15)12(14)7-10/h4-5,7,11H,2-3,6,8-9,15H2,1H3. The fraction of sp³-hybridized carbons (Fsp3) is 0.538. The van der Waals surface area contributed by atoms with Crippen molar-refractivity contribution in [1.82, 2.24) is 4.90 Å². The Morgan fingerprint density at radius 1 is 1.53 bits per heavy atom. The average Bonchev–Trinajstić information content (AvgIpc) is 2.34. The van der Waals surface area contributed by atoms with Crippen LogP contribution in [0.5, 0.6) is 0 Å². The lowest BCUT2D eigenvalue weighted by atomic mass is 10.1. The SMILES string of the molecule is COC1CCCN(Cc2ccc(N)c(Cl)c2)C1. The van der Waals surface area contributed by atoms with E-state index in [0.29, 0.717) is 16.8 Å². The lowest BCUT2D eigenvalue weighted by Crippen LogP contribution is -2.38. The number of nitrogen functional groups attached to an aromatic ring is 1. The first-order valence-electron chi connectivity index (χ1n) is 5.98. The van der Waals surface area contributed by atoms with Gasteiger partial charge in [0.05, 0.1) is 16.8 Å². The van der Waals surface area contributed by atoms with Crippen LogP contribution >= 0.6 is 11.6 Å². The lowest BCUT2D eigenvalue weighted by Gasteiger charge is -2.31. The van der Waals surface area contributed by atoms with Gasteiger partial charge in [-0.2, -0.15) is 0 Å². The molecule has 1 aliphatic rings. The molecule has 2 N–H and O–H groups in total. The van der Waals surface area contributed by atoms with Crippen LogP contribution in [0.4, 0.5) is 5.69 Å². The van der Waals surface area contributed by atoms with Gasteiger partial charge in [-0.1, -0.05) is 17.7 Å². The molecule has 1 aliphatic heterocycles. The number of piperidine rings is 1. The van der Waals surface area contributed by atoms with Gasteiger partial charge >= 0.3 is 0 Å². The summed E-state index contributed by atoms with van der Waals surface area (Å²) in [5.74, 6) is 0. The van der Waals surface area contributed by atoms with Crippen molar-refractivity contribution in [3.8, 4) is 0 Å². The minimum Gasteiger partial charge on any atom is -0.398 e. The quantitative estimate of drug-likeness (QED) is 0.843. The third-order valence-electron chi connectivity index (χ3n) is 3.27. The molecule has 94 valence electrons. The number of hydrogen-bond donors (Lipinski definition) is 1. The second-order valence-corrected chi connectivity index (χ2v) is 5.00. The van der Waals surface area contributed by atoms with E-state index in [1.165, 1.54) is 12.0 Å². The van der Waals surface area contributed by atoms with E-state index in [9.17, 15) is 0 Å². The van der Waals surface area contributed by atoms with E-state index in [-0.39, 0.29) is 0 Å². The molecule has 1 heterocycles. The van der Waals surface area contributed by atoms with E-state index in [0.717, 1.165) is 26.1 Å². The van der Waals surface area contributed by atoms with Gasteiger partial charge < -0.3 is 10.5 Å². The van der Waals surface area contributed by atoms with E-state index in [1.807, 2.05) is 18.2 Å². The van der Waals surface area contributed by atoms with Gasteiger partial charge in [0.15, 0.2) is 0 Å². The van der Waals surface area contributed by atoms with E-state index in [1.54, 1.807) is 7.11 Å². The minimum atomic E-state index is 0.369. The van der Waals surface area contributed by atoms with Crippen LogP contribution in [0, 0.1) is 0 Å². The number of methoxy groups -OCH3 is 1. The monoisotopic (exact) mass is 254 g/mol. The summed E-state index contributed by atoms with van der Waals surface area (Å²) in [6.07, 6.45) is 2.73. The molecule has 0 aromatic heterocycles. The summed E-state index contributed by atoms with van der Waals surface area (Å²) >= 11 is 6.02. The number of hydrogen-bond acceptors (Lipinski definition) is 3. The highest BCUT2D eigenvalue weighted by atomic mass is 35.5. The number of nitrogens with zero attached hydrogens (tertiary/aromatic N) is 1. The molecule has 1 saturated heterocycles. The van der Waals surface area contributed by atoms with Crippen molar-refractivity contribution in [1.29, 1.82) is 0 Å². The smallest absolute Gasteiger partial charge is 0.0698 e. The van der Waals surface area contributed by atoms with Crippen LogP contribution in [-0.4, -0.2) is 31.2 Å². The second kappa shape index (κ2) is 5.71. The maximum Gasteiger partial charge on any atom is 0.0698 e. The fourth-order valence-corrected chi connectivity index (χ4v) is 2.48. The molecular weight excluding hydrogens is 236 g/mol. The predicted octanol–water partition coefficient (Wildman–Crippen LogP) is 2.53. The Morgan fingerprint density at radius 2 is 2.35 bits per heavy atom. The van der Waals surface area contributed by atoms with Crippen molar-refractivity contribution in [2.75, 3.05) is 25.9 Å². The molecule has 0 amide bonds. The largest absolute Gasteiger partial charge is 0.398 e. The van der Waals surface area contributed by atoms with Gasteiger partial charge in [0.25, 0.3) is 0 Å². The van der Waals surface area contributed by atoms with Gasteiger partial charge in [0.2, 0.25) is 0 Å². The summed E-state index contributed by atoms with van der Waals surface area (Å²) in [4.78, 5) is 2.40. The molecule has 1 aromatic carbocycles. The number of likely N-dealkylation sites (tertiary alicyclic amines) is 1. The maximum absolute atomic E-state index is 6.02. The summed E-state index contributed by atoms with van der Waals surface area (Å²) in [7, 11) is 1.79. The minimum absolute atomic E-state index is 0.369. The third kappa shape index (κ3) is 3.35. The van der Waals surface area contributed by atoms with Crippen molar-refractivity contribution in [3.05, 3.63) is 28.8 Å². The van der Waals surface area contributed by atoms with E-state index in [2.05, 4.69) is 4.90 Å². The molecule has 3 nitrogen and oxygen atoms in total. The van der Waals surface area contributed by atoms with E-state index in [4.69, 9.17) is 22.1 Å². The molecule has 1 unspecified atom stereocenters. The fourth-order valence-electron chi connectivity index (χ4n) is 2.28. The van der Waals surface area contributed by atoms with Crippen molar-refractivity contribution in [3.63, 3.8) is 0 Å². The number of ether oxygens (including phenoxy) is 1. The molecular formula is C13H19ClN2O. The van der Waals surface area contributed by atoms with Gasteiger partial charge in [-0.25, -0.2) is 0 Å². The molecule has 0 aliphatic carbocycles. The zero-order valence-electron chi connectivity index (χ0n) is 10.2. The predicted molar refractivity (Wildman–Crippen MR) is 71.2 cm³/mol. The molecule has 1 atom stereocenters. The van der Waals surface area contributed by atoms with E-state index < -0.39 is 0 Å². The first-order valence-corrected chi connectivity index (χ1v) is 6.36. The Hall–Kier alpha value is -0.770. The Morgan fingerprint density at radius 3 is 3.06 bits per heavy atom. The van der Waals surface area contributed by atoms with E-state index >= 15 is 0 Å². The molecule has 4 heteroatoms. The molecule has 1 aromatic rings. The van der Waals surface area contributed by atoms with Crippen LogP contribution in [0.2, 0.25) is 5.02 Å². The molecule has 0 radical (unpaired) electrons. The third-order valence-corrected chi connectivity index (χ3v) is 3.59. The van der Waals surface area contributed by atoms with Crippen molar-refractivity contribution in [2.24, 2.45) is 0 Å². The number of halogens is 1. The average molecular weight is 255 g/mol. The molecule has 0 saturated carbocycles. The first-order chi connectivity index (χ1) is 8.19. The summed E-state index contributed by atoms with van der Waals surface area (Å²) in [6, 6.07) is 5.86. The molecule has 0 spiro atoms. The lowest BCUT2D eigenvalue weighted by molar-refractivity contribution is 0.0285. The second-order valence-electron chi connectivity index (χ2n) is 4.59. The normalized spacial score (nSPS) is 21.6. The highest BCUT2D eigenvalue weighted by Gasteiger charge is 2.19. The van der Waals surface area contributed by atoms with Gasteiger partial charge in [-0.05, 0) is 37.1 Å². The zero-order valence-corrected chi connectivity index (χ0v) is 10.9. The molecule has 0 bridgehead atoms. The van der Waals surface area contributed by atoms with Crippen LogP contribution in [0.25, 0.3) is 0 Å². The van der Waals surface area contributed by atoms with Crippen LogP contribution in [0.1, 0.15) is 18.4 Å². The molecule has 2 rings (SSSR count). The number of anilines is 1. The van der Waals surface area contributed by atoms with Gasteiger partial charge in [-0.15, -0.1) is 0 Å². The summed E-state index contributed by atoms with van der Waals surface area (Å²) in [5.41, 5.74) is 7.55. The van der Waals surface area contributed by atoms with Crippen molar-refractivity contribution >= 4 is 17.3 Å². The van der Waals surface area contributed by atoms with Gasteiger partial charge in [0, 0.05) is 20.2 Å². The van der Waals surface area contributed by atoms with Crippen LogP contribution in [-0.2, 0) is 11.3 Å².